The summed E-state index contributed by atoms with van der Waals surface area (Å²) in [6, 6.07) is 9.56. The molecule has 0 N–H and O–H groups in total. The van der Waals surface area contributed by atoms with Gasteiger partial charge in [-0.05, 0) is 31.4 Å². The smallest absolute Gasteiger partial charge is 0.263 e. The van der Waals surface area contributed by atoms with E-state index in [-0.39, 0.29) is 12.0 Å². The quantitative estimate of drug-likeness (QED) is 0.799. The van der Waals surface area contributed by atoms with Gasteiger partial charge >= 0.3 is 0 Å². The highest BCUT2D eigenvalue weighted by Gasteiger charge is 2.26. The van der Waals surface area contributed by atoms with Crippen LogP contribution in [0.3, 0.4) is 0 Å². The van der Waals surface area contributed by atoms with Crippen LogP contribution in [0, 0.1) is 0 Å². The van der Waals surface area contributed by atoms with Crippen LogP contribution in [-0.2, 0) is 4.79 Å². The molecule has 0 radical (unpaired) electrons. The summed E-state index contributed by atoms with van der Waals surface area (Å²) in [6.07, 6.45) is 2.61. The Kier molecular flexibility index (Phi) is 4.02. The van der Waals surface area contributed by atoms with Crippen molar-refractivity contribution in [3.8, 4) is 5.75 Å². The molecule has 1 heterocycles. The SMILES string of the molecule is CCC(Oc1ccccc1)C(=O)N1CCCC1. The number of carbonyl (C=O) groups excluding carboxylic acids is 1. The van der Waals surface area contributed by atoms with E-state index in [0.717, 1.165) is 31.7 Å². The fourth-order valence-corrected chi connectivity index (χ4v) is 2.11. The molecule has 1 aliphatic rings. The summed E-state index contributed by atoms with van der Waals surface area (Å²) in [7, 11) is 0. The zero-order valence-electron chi connectivity index (χ0n) is 10.3. The first kappa shape index (κ1) is 12.0. The molecular weight excluding hydrogens is 214 g/mol. The van der Waals surface area contributed by atoms with Crippen LogP contribution in [0.1, 0.15) is 26.2 Å². The maximum absolute atomic E-state index is 12.2. The number of hydrogen-bond donors (Lipinski definition) is 0. The second-order valence-corrected chi connectivity index (χ2v) is 4.36. The van der Waals surface area contributed by atoms with Crippen molar-refractivity contribution in [3.05, 3.63) is 30.3 Å². The van der Waals surface area contributed by atoms with Gasteiger partial charge in [0.1, 0.15) is 5.75 Å². The van der Waals surface area contributed by atoms with Crippen LogP contribution in [0.15, 0.2) is 30.3 Å². The molecule has 3 heteroatoms. The second kappa shape index (κ2) is 5.71. The van der Waals surface area contributed by atoms with E-state index in [2.05, 4.69) is 0 Å². The molecule has 92 valence electrons. The highest BCUT2D eigenvalue weighted by molar-refractivity contribution is 5.81. The lowest BCUT2D eigenvalue weighted by Crippen LogP contribution is -2.40. The zero-order chi connectivity index (χ0) is 12.1. The van der Waals surface area contributed by atoms with Crippen LogP contribution >= 0.6 is 0 Å². The van der Waals surface area contributed by atoms with Crippen molar-refractivity contribution in [2.45, 2.75) is 32.3 Å². The summed E-state index contributed by atoms with van der Waals surface area (Å²) in [5.74, 6) is 0.903. The number of nitrogens with zero attached hydrogens (tertiary/aromatic N) is 1. The summed E-state index contributed by atoms with van der Waals surface area (Å²) in [6.45, 7) is 3.75. The molecule has 1 atom stereocenters. The van der Waals surface area contributed by atoms with Crippen LogP contribution in [0.4, 0.5) is 0 Å². The number of amides is 1. The van der Waals surface area contributed by atoms with Gasteiger partial charge in [0.05, 0.1) is 0 Å². The van der Waals surface area contributed by atoms with Gasteiger partial charge in [0.2, 0.25) is 0 Å². The van der Waals surface area contributed by atoms with E-state index in [1.807, 2.05) is 42.2 Å². The molecule has 1 aromatic carbocycles. The van der Waals surface area contributed by atoms with Crippen molar-refractivity contribution in [2.24, 2.45) is 0 Å². The predicted molar refractivity (Wildman–Crippen MR) is 67.0 cm³/mol. The van der Waals surface area contributed by atoms with E-state index in [0.29, 0.717) is 6.42 Å². The average Bonchev–Trinajstić information content (AvgIpc) is 2.90. The van der Waals surface area contributed by atoms with Crippen molar-refractivity contribution in [2.75, 3.05) is 13.1 Å². The second-order valence-electron chi connectivity index (χ2n) is 4.36. The van der Waals surface area contributed by atoms with E-state index in [9.17, 15) is 4.79 Å². The maximum atomic E-state index is 12.2. The molecule has 1 aromatic rings. The number of carbonyl (C=O) groups is 1. The van der Waals surface area contributed by atoms with Crippen molar-refractivity contribution in [1.29, 1.82) is 0 Å². The van der Waals surface area contributed by atoms with Gasteiger partial charge in [0.25, 0.3) is 5.91 Å². The molecule has 17 heavy (non-hydrogen) atoms. The van der Waals surface area contributed by atoms with Crippen molar-refractivity contribution in [1.82, 2.24) is 4.90 Å². The van der Waals surface area contributed by atoms with Gasteiger partial charge in [-0.25, -0.2) is 0 Å². The number of para-hydroxylation sites is 1. The van der Waals surface area contributed by atoms with Gasteiger partial charge in [0.15, 0.2) is 6.10 Å². The molecule has 0 aliphatic carbocycles. The molecule has 1 fully saturated rings. The van der Waals surface area contributed by atoms with Gasteiger partial charge in [0, 0.05) is 13.1 Å². The van der Waals surface area contributed by atoms with Gasteiger partial charge in [-0.3, -0.25) is 4.79 Å². The lowest BCUT2D eigenvalue weighted by atomic mass is 10.2. The van der Waals surface area contributed by atoms with Crippen molar-refractivity contribution >= 4 is 5.91 Å². The van der Waals surface area contributed by atoms with E-state index in [1.165, 1.54) is 0 Å². The molecule has 2 rings (SSSR count). The third-order valence-electron chi connectivity index (χ3n) is 3.09. The molecular formula is C14H19NO2. The average molecular weight is 233 g/mol. The lowest BCUT2D eigenvalue weighted by Gasteiger charge is -2.23. The lowest BCUT2D eigenvalue weighted by molar-refractivity contribution is -0.137. The summed E-state index contributed by atoms with van der Waals surface area (Å²) in [4.78, 5) is 14.1. The van der Waals surface area contributed by atoms with E-state index in [1.54, 1.807) is 0 Å². The largest absolute Gasteiger partial charge is 0.481 e. The third kappa shape index (κ3) is 2.99. The summed E-state index contributed by atoms with van der Waals surface area (Å²) in [5, 5.41) is 0. The Hall–Kier alpha value is -1.51. The number of ether oxygens (including phenoxy) is 1. The Bertz CT molecular complexity index is 358. The molecule has 1 unspecified atom stereocenters. The molecule has 1 saturated heterocycles. The topological polar surface area (TPSA) is 29.5 Å². The molecule has 0 aromatic heterocycles. The molecule has 0 saturated carbocycles. The van der Waals surface area contributed by atoms with E-state index in [4.69, 9.17) is 4.74 Å². The van der Waals surface area contributed by atoms with Crippen LogP contribution in [0.5, 0.6) is 5.75 Å². The molecule has 0 bridgehead atoms. The number of likely N-dealkylation sites (tertiary alicyclic amines) is 1. The van der Waals surface area contributed by atoms with Gasteiger partial charge in [-0.15, -0.1) is 0 Å². The Morgan fingerprint density at radius 3 is 2.53 bits per heavy atom. The minimum Gasteiger partial charge on any atom is -0.481 e. The minimum absolute atomic E-state index is 0.133. The molecule has 1 amide bonds. The van der Waals surface area contributed by atoms with Gasteiger partial charge < -0.3 is 9.64 Å². The van der Waals surface area contributed by atoms with Crippen LogP contribution < -0.4 is 4.74 Å². The zero-order valence-corrected chi connectivity index (χ0v) is 10.3. The standard InChI is InChI=1S/C14H19NO2/c1-2-13(14(16)15-10-6-7-11-15)17-12-8-4-3-5-9-12/h3-5,8-9,13H,2,6-7,10-11H2,1H3. The Labute approximate surface area is 102 Å². The number of benzene rings is 1. The Balaban J connectivity index is 1.98. The first-order valence-electron chi connectivity index (χ1n) is 6.31. The van der Waals surface area contributed by atoms with E-state index >= 15 is 0 Å². The molecule has 0 spiro atoms. The number of hydrogen-bond acceptors (Lipinski definition) is 2. The van der Waals surface area contributed by atoms with Crippen molar-refractivity contribution in [3.63, 3.8) is 0 Å². The van der Waals surface area contributed by atoms with Gasteiger partial charge in [-0.2, -0.15) is 0 Å². The summed E-state index contributed by atoms with van der Waals surface area (Å²) < 4.78 is 5.75. The highest BCUT2D eigenvalue weighted by Crippen LogP contribution is 2.16. The number of rotatable bonds is 4. The molecule has 3 nitrogen and oxygen atoms in total. The Morgan fingerprint density at radius 2 is 1.94 bits per heavy atom. The molecule has 1 aliphatic heterocycles. The van der Waals surface area contributed by atoms with E-state index < -0.39 is 0 Å². The third-order valence-corrected chi connectivity index (χ3v) is 3.09. The van der Waals surface area contributed by atoms with Crippen molar-refractivity contribution < 1.29 is 9.53 Å². The monoisotopic (exact) mass is 233 g/mol. The minimum atomic E-state index is -0.338. The van der Waals surface area contributed by atoms with Crippen LogP contribution in [0.2, 0.25) is 0 Å². The summed E-state index contributed by atoms with van der Waals surface area (Å²) >= 11 is 0. The van der Waals surface area contributed by atoms with Gasteiger partial charge in [-0.1, -0.05) is 25.1 Å². The van der Waals surface area contributed by atoms with Crippen LogP contribution in [-0.4, -0.2) is 30.0 Å². The fourth-order valence-electron chi connectivity index (χ4n) is 2.11. The first-order chi connectivity index (χ1) is 8.31. The maximum Gasteiger partial charge on any atom is 0.263 e. The highest BCUT2D eigenvalue weighted by atomic mass is 16.5. The predicted octanol–water partition coefficient (Wildman–Crippen LogP) is 2.47. The Morgan fingerprint density at radius 1 is 1.29 bits per heavy atom. The summed E-state index contributed by atoms with van der Waals surface area (Å²) in [5.41, 5.74) is 0. The fraction of sp³-hybridized carbons (Fsp3) is 0.500. The normalized spacial score (nSPS) is 16.9. The first-order valence-corrected chi connectivity index (χ1v) is 6.31. The van der Waals surface area contributed by atoms with Crippen LogP contribution in [0.25, 0.3) is 0 Å².